The zero-order valence-electron chi connectivity index (χ0n) is 19.3. The highest BCUT2D eigenvalue weighted by Crippen LogP contribution is 2.40. The zero-order chi connectivity index (χ0) is 24.8. The van der Waals surface area contributed by atoms with Gasteiger partial charge in [-0.2, -0.15) is 13.2 Å². The molecule has 2 aromatic heterocycles. The van der Waals surface area contributed by atoms with Crippen LogP contribution in [-0.2, 0) is 13.2 Å². The smallest absolute Gasteiger partial charge is 0.416 e. The van der Waals surface area contributed by atoms with Crippen LogP contribution in [0.1, 0.15) is 32.8 Å². The van der Waals surface area contributed by atoms with Crippen molar-refractivity contribution in [1.82, 2.24) is 9.55 Å². The molecule has 0 amide bonds. The number of hydrogen-bond acceptors (Lipinski definition) is 4. The van der Waals surface area contributed by atoms with Crippen LogP contribution in [0.5, 0.6) is 5.75 Å². The summed E-state index contributed by atoms with van der Waals surface area (Å²) in [6.45, 7) is 13.7. The first-order valence-corrected chi connectivity index (χ1v) is 10.9. The van der Waals surface area contributed by atoms with Gasteiger partial charge in [0.05, 0.1) is 16.8 Å². The van der Waals surface area contributed by atoms with Crippen molar-refractivity contribution >= 4 is 22.5 Å². The summed E-state index contributed by atoms with van der Waals surface area (Å²) in [5, 5.41) is 0. The first-order valence-electron chi connectivity index (χ1n) is 10.9. The molecule has 34 heavy (non-hydrogen) atoms. The van der Waals surface area contributed by atoms with Crippen molar-refractivity contribution < 1.29 is 17.9 Å². The fourth-order valence-corrected chi connectivity index (χ4v) is 4.63. The highest BCUT2D eigenvalue weighted by Gasteiger charge is 2.43. The monoisotopic (exact) mass is 470 g/mol. The summed E-state index contributed by atoms with van der Waals surface area (Å²) in [4.78, 5) is 22.6. The topological polar surface area (TPSA) is 51.7 Å². The Hall–Kier alpha value is -3.54. The van der Waals surface area contributed by atoms with Crippen LogP contribution in [0.3, 0.4) is 0 Å². The van der Waals surface area contributed by atoms with E-state index < -0.39 is 17.3 Å². The van der Waals surface area contributed by atoms with E-state index in [1.165, 1.54) is 22.8 Å². The minimum absolute atomic E-state index is 0.0820. The molecule has 1 aliphatic rings. The van der Waals surface area contributed by atoms with Crippen LogP contribution in [0.4, 0.5) is 24.7 Å². The average Bonchev–Trinajstić information content (AvgIpc) is 2.78. The molecule has 1 aliphatic heterocycles. The third-order valence-corrected chi connectivity index (χ3v) is 6.74. The van der Waals surface area contributed by atoms with Gasteiger partial charge in [0.1, 0.15) is 11.4 Å². The van der Waals surface area contributed by atoms with E-state index >= 15 is 0 Å². The van der Waals surface area contributed by atoms with Crippen LogP contribution in [0.25, 0.3) is 15.9 Å². The van der Waals surface area contributed by atoms with E-state index in [9.17, 15) is 18.0 Å². The van der Waals surface area contributed by atoms with Gasteiger partial charge in [0.15, 0.2) is 0 Å². The molecule has 3 heterocycles. The molecule has 3 atom stereocenters. The van der Waals surface area contributed by atoms with Crippen LogP contribution in [0.2, 0.25) is 0 Å². The number of hydrogen-bond donors (Lipinski definition) is 0. The van der Waals surface area contributed by atoms with Gasteiger partial charge in [0, 0.05) is 38.0 Å². The number of benzene rings is 1. The predicted molar refractivity (Wildman–Crippen MR) is 124 cm³/mol. The number of nitrogens with zero attached hydrogens (tertiary/aromatic N) is 4. The molecule has 0 bridgehead atoms. The van der Waals surface area contributed by atoms with Crippen LogP contribution >= 0.6 is 0 Å². The van der Waals surface area contributed by atoms with Gasteiger partial charge in [-0.3, -0.25) is 4.79 Å². The number of aromatic nitrogens is 2. The maximum Gasteiger partial charge on any atom is 0.416 e. The summed E-state index contributed by atoms with van der Waals surface area (Å²) in [5.74, 6) is 0.330. The van der Waals surface area contributed by atoms with Crippen molar-refractivity contribution in [3.8, 4) is 5.75 Å². The number of aryl methyl sites for hydroxylation is 1. The first kappa shape index (κ1) is 23.6. The average molecular weight is 470 g/mol. The molecule has 1 fully saturated rings. The maximum atomic E-state index is 13.1. The minimum Gasteiger partial charge on any atom is -0.487 e. The van der Waals surface area contributed by atoms with Crippen molar-refractivity contribution in [1.29, 1.82) is 0 Å². The maximum absolute atomic E-state index is 13.1. The van der Waals surface area contributed by atoms with Crippen LogP contribution < -0.4 is 15.2 Å². The summed E-state index contributed by atoms with van der Waals surface area (Å²) in [6, 6.07) is 9.67. The lowest BCUT2D eigenvalue weighted by Crippen LogP contribution is -2.56. The molecular weight excluding hydrogens is 445 g/mol. The highest BCUT2D eigenvalue weighted by atomic mass is 19.4. The molecule has 0 spiro atoms. The predicted octanol–water partition coefficient (Wildman–Crippen LogP) is 5.58. The SMILES string of the molecule is [C-]#[N+]c1ccc2c(n1)c(N1C[C@H](C)C(C)(Oc3cccc(C(F)(F)F)c3)C[C@@H]1C)cc(=O)n2C. The summed E-state index contributed by atoms with van der Waals surface area (Å²) < 4.78 is 47.1. The van der Waals surface area contributed by atoms with Gasteiger partial charge in [-0.15, -0.1) is 4.98 Å². The van der Waals surface area contributed by atoms with Crippen LogP contribution in [0, 0.1) is 12.5 Å². The molecule has 1 aromatic carbocycles. The number of piperidine rings is 1. The van der Waals surface area contributed by atoms with Gasteiger partial charge in [0.2, 0.25) is 5.52 Å². The van der Waals surface area contributed by atoms with Gasteiger partial charge >= 0.3 is 6.18 Å². The summed E-state index contributed by atoms with van der Waals surface area (Å²) in [7, 11) is 1.66. The van der Waals surface area contributed by atoms with Crippen molar-refractivity contribution in [3.05, 3.63) is 69.8 Å². The van der Waals surface area contributed by atoms with Crippen molar-refractivity contribution in [2.75, 3.05) is 11.4 Å². The number of alkyl halides is 3. The molecule has 3 aromatic rings. The second-order valence-electron chi connectivity index (χ2n) is 9.12. The zero-order valence-corrected chi connectivity index (χ0v) is 19.3. The summed E-state index contributed by atoms with van der Waals surface area (Å²) >= 11 is 0. The number of fused-ring (bicyclic) bond motifs is 1. The lowest BCUT2D eigenvalue weighted by Gasteiger charge is -2.48. The Morgan fingerprint density at radius 3 is 2.62 bits per heavy atom. The lowest BCUT2D eigenvalue weighted by atomic mass is 9.80. The molecule has 4 rings (SSSR count). The second-order valence-corrected chi connectivity index (χ2v) is 9.12. The molecule has 1 saturated heterocycles. The quantitative estimate of drug-likeness (QED) is 0.470. The number of anilines is 1. The van der Waals surface area contributed by atoms with Gasteiger partial charge in [-0.05, 0) is 44.2 Å². The fourth-order valence-electron chi connectivity index (χ4n) is 4.63. The third kappa shape index (κ3) is 4.20. The van der Waals surface area contributed by atoms with Crippen molar-refractivity contribution in [2.24, 2.45) is 13.0 Å². The Morgan fingerprint density at radius 1 is 1.21 bits per heavy atom. The third-order valence-electron chi connectivity index (χ3n) is 6.74. The number of ether oxygens (including phenoxy) is 1. The number of halogens is 3. The van der Waals surface area contributed by atoms with Gasteiger partial charge in [0.25, 0.3) is 11.4 Å². The van der Waals surface area contributed by atoms with E-state index in [0.717, 1.165) is 12.1 Å². The summed E-state index contributed by atoms with van der Waals surface area (Å²) in [6.07, 6.45) is -3.93. The molecule has 0 saturated carbocycles. The normalized spacial score (nSPS) is 23.1. The Bertz CT molecular complexity index is 1340. The van der Waals surface area contributed by atoms with Gasteiger partial charge < -0.3 is 19.0 Å². The molecule has 1 unspecified atom stereocenters. The largest absolute Gasteiger partial charge is 0.487 e. The Kier molecular flexibility index (Phi) is 5.80. The van der Waals surface area contributed by atoms with E-state index in [4.69, 9.17) is 11.3 Å². The molecular formula is C25H25F3N4O2. The Labute approximate surface area is 195 Å². The van der Waals surface area contributed by atoms with Crippen molar-refractivity contribution in [2.45, 2.75) is 45.0 Å². The molecule has 0 N–H and O–H groups in total. The summed E-state index contributed by atoms with van der Waals surface area (Å²) in [5.41, 5.74) is 0.183. The lowest BCUT2D eigenvalue weighted by molar-refractivity contribution is -0.137. The standard InChI is InChI=1S/C25H25F3N4O2/c1-15-14-32(20-12-22(33)31(5)19-9-10-21(29-4)30-23(19)20)16(2)13-24(15,3)34-18-8-6-7-17(11-18)25(26,27)28/h6-12,15-16H,13-14H2,1-3,5H3/t15-,16-,24?/m0/s1. The van der Waals surface area contributed by atoms with E-state index in [-0.39, 0.29) is 29.1 Å². The van der Waals surface area contributed by atoms with E-state index in [0.29, 0.717) is 29.7 Å². The first-order chi connectivity index (χ1) is 15.9. The number of rotatable bonds is 3. The Morgan fingerprint density at radius 2 is 1.94 bits per heavy atom. The van der Waals surface area contributed by atoms with Crippen LogP contribution in [0.15, 0.2) is 47.3 Å². The van der Waals surface area contributed by atoms with Crippen molar-refractivity contribution in [3.63, 3.8) is 0 Å². The highest BCUT2D eigenvalue weighted by molar-refractivity contribution is 5.89. The van der Waals surface area contributed by atoms with Gasteiger partial charge in [-0.1, -0.05) is 19.6 Å². The van der Waals surface area contributed by atoms with Crippen LogP contribution in [-0.4, -0.2) is 27.7 Å². The van der Waals surface area contributed by atoms with E-state index in [2.05, 4.69) is 14.7 Å². The minimum atomic E-state index is -4.44. The second kappa shape index (κ2) is 8.35. The van der Waals surface area contributed by atoms with E-state index in [1.807, 2.05) is 20.8 Å². The number of pyridine rings is 2. The molecule has 178 valence electrons. The fraction of sp³-hybridized carbons (Fsp3) is 0.400. The molecule has 6 nitrogen and oxygen atoms in total. The Balaban J connectivity index is 1.68. The van der Waals surface area contributed by atoms with E-state index in [1.54, 1.807) is 19.2 Å². The van der Waals surface area contributed by atoms with Gasteiger partial charge in [-0.25, -0.2) is 0 Å². The molecule has 0 aliphatic carbocycles. The molecule has 9 heteroatoms. The molecule has 0 radical (unpaired) electrons.